The van der Waals surface area contributed by atoms with Crippen molar-refractivity contribution in [2.24, 2.45) is 0 Å². The zero-order valence-electron chi connectivity index (χ0n) is 13.8. The van der Waals surface area contributed by atoms with Gasteiger partial charge in [0.15, 0.2) is 0 Å². The van der Waals surface area contributed by atoms with E-state index in [0.717, 1.165) is 23.5 Å². The molecule has 0 saturated heterocycles. The summed E-state index contributed by atoms with van der Waals surface area (Å²) in [6, 6.07) is 1.37. The summed E-state index contributed by atoms with van der Waals surface area (Å²) in [4.78, 5) is 24.9. The number of amides is 1. The largest absolute Gasteiger partial charge is 0.477 e. The summed E-state index contributed by atoms with van der Waals surface area (Å²) in [5, 5.41) is 17.4. The van der Waals surface area contributed by atoms with Gasteiger partial charge >= 0.3 is 5.97 Å². The highest BCUT2D eigenvalue weighted by atomic mass is 16.4. The van der Waals surface area contributed by atoms with Crippen LogP contribution in [0, 0.1) is 13.8 Å². The van der Waals surface area contributed by atoms with E-state index in [1.54, 1.807) is 11.9 Å². The van der Waals surface area contributed by atoms with Crippen molar-refractivity contribution in [3.8, 4) is 0 Å². The second kappa shape index (κ2) is 6.64. The van der Waals surface area contributed by atoms with Gasteiger partial charge < -0.3 is 10.0 Å². The quantitative estimate of drug-likeness (QED) is 0.860. The summed E-state index contributed by atoms with van der Waals surface area (Å²) in [6.45, 7) is 7.02. The summed E-state index contributed by atoms with van der Waals surface area (Å²) >= 11 is 0. The molecule has 8 heteroatoms. The molecule has 0 radical (unpaired) electrons. The zero-order chi connectivity index (χ0) is 17.1. The number of nitrogens with zero attached hydrogens (tertiary/aromatic N) is 5. The van der Waals surface area contributed by atoms with Crippen molar-refractivity contribution >= 4 is 11.9 Å². The minimum atomic E-state index is -1.10. The van der Waals surface area contributed by atoms with E-state index in [-0.39, 0.29) is 18.1 Å². The molecule has 2 rings (SSSR count). The zero-order valence-corrected chi connectivity index (χ0v) is 13.8. The van der Waals surface area contributed by atoms with Gasteiger partial charge in [-0.2, -0.15) is 10.2 Å². The first-order valence-corrected chi connectivity index (χ1v) is 7.37. The summed E-state index contributed by atoms with van der Waals surface area (Å²) in [5.74, 6) is -1.31. The van der Waals surface area contributed by atoms with Gasteiger partial charge in [-0.05, 0) is 26.8 Å². The van der Waals surface area contributed by atoms with E-state index in [0.29, 0.717) is 6.54 Å². The van der Waals surface area contributed by atoms with E-state index < -0.39 is 5.97 Å². The Morgan fingerprint density at radius 1 is 1.30 bits per heavy atom. The molecule has 0 fully saturated rings. The number of rotatable bonds is 6. The SMILES string of the molecule is CCn1nc(C)c(CN(C)C(=O)Cn2nccc2C(=O)O)c1C. The van der Waals surface area contributed by atoms with E-state index in [1.165, 1.54) is 16.9 Å². The first-order chi connectivity index (χ1) is 10.8. The molecule has 2 aromatic rings. The van der Waals surface area contributed by atoms with Gasteiger partial charge in [0.2, 0.25) is 5.91 Å². The number of aromatic carboxylic acids is 1. The lowest BCUT2D eigenvalue weighted by Gasteiger charge is -2.18. The molecule has 0 aromatic carbocycles. The van der Waals surface area contributed by atoms with Crippen molar-refractivity contribution in [3.05, 3.63) is 34.9 Å². The smallest absolute Gasteiger partial charge is 0.354 e. The Kier molecular flexibility index (Phi) is 4.83. The van der Waals surface area contributed by atoms with Crippen LogP contribution in [0.15, 0.2) is 12.3 Å². The molecule has 1 N–H and O–H groups in total. The fraction of sp³-hybridized carbons (Fsp3) is 0.467. The standard InChI is InChI=1S/C15H21N5O3/c1-5-19-11(3)12(10(2)17-19)8-18(4)14(21)9-20-13(15(22)23)6-7-16-20/h6-7H,5,8-9H2,1-4H3,(H,22,23). The van der Waals surface area contributed by atoms with Crippen LogP contribution in [0.2, 0.25) is 0 Å². The van der Waals surface area contributed by atoms with Gasteiger partial charge in [0, 0.05) is 37.6 Å². The fourth-order valence-electron chi connectivity index (χ4n) is 2.49. The Labute approximate surface area is 134 Å². The molecule has 0 bridgehead atoms. The minimum Gasteiger partial charge on any atom is -0.477 e. The van der Waals surface area contributed by atoms with Gasteiger partial charge in [-0.15, -0.1) is 0 Å². The van der Waals surface area contributed by atoms with E-state index in [2.05, 4.69) is 10.2 Å². The third-order valence-corrected chi connectivity index (χ3v) is 3.87. The van der Waals surface area contributed by atoms with Crippen LogP contribution in [0.1, 0.15) is 34.4 Å². The maximum Gasteiger partial charge on any atom is 0.354 e. The topological polar surface area (TPSA) is 93.3 Å². The van der Waals surface area contributed by atoms with Crippen molar-refractivity contribution in [1.29, 1.82) is 0 Å². The number of carbonyl (C=O) groups is 2. The van der Waals surface area contributed by atoms with Gasteiger partial charge in [0.1, 0.15) is 12.2 Å². The molecule has 124 valence electrons. The van der Waals surface area contributed by atoms with Gasteiger partial charge in [-0.3, -0.25) is 9.48 Å². The Morgan fingerprint density at radius 2 is 2.00 bits per heavy atom. The maximum absolute atomic E-state index is 12.3. The highest BCUT2D eigenvalue weighted by Crippen LogP contribution is 2.15. The second-order valence-corrected chi connectivity index (χ2v) is 5.39. The fourth-order valence-corrected chi connectivity index (χ4v) is 2.49. The number of carbonyl (C=O) groups excluding carboxylic acids is 1. The molecule has 8 nitrogen and oxygen atoms in total. The average Bonchev–Trinajstić information content (AvgIpc) is 3.06. The Balaban J connectivity index is 2.10. The van der Waals surface area contributed by atoms with E-state index >= 15 is 0 Å². The Hall–Kier alpha value is -2.64. The maximum atomic E-state index is 12.3. The number of aromatic nitrogens is 4. The number of carboxylic acids is 1. The van der Waals surface area contributed by atoms with Crippen LogP contribution < -0.4 is 0 Å². The number of likely N-dealkylation sites (N-methyl/N-ethyl adjacent to an activating group) is 1. The first kappa shape index (κ1) is 16.7. The number of carboxylic acid groups (broad SMARTS) is 1. The van der Waals surface area contributed by atoms with Crippen LogP contribution in [-0.2, 0) is 24.4 Å². The van der Waals surface area contributed by atoms with E-state index in [4.69, 9.17) is 5.11 Å². The third-order valence-electron chi connectivity index (χ3n) is 3.87. The molecular formula is C15H21N5O3. The highest BCUT2D eigenvalue weighted by Gasteiger charge is 2.18. The predicted octanol–water partition coefficient (Wildman–Crippen LogP) is 1.07. The molecule has 1 amide bonds. The van der Waals surface area contributed by atoms with E-state index in [1.807, 2.05) is 25.5 Å². The third kappa shape index (κ3) is 3.41. The molecule has 2 aromatic heterocycles. The second-order valence-electron chi connectivity index (χ2n) is 5.39. The molecule has 0 saturated carbocycles. The number of aryl methyl sites for hydroxylation is 2. The van der Waals surface area contributed by atoms with Crippen molar-refractivity contribution in [2.45, 2.75) is 40.4 Å². The molecule has 0 aliphatic carbocycles. The normalized spacial score (nSPS) is 10.8. The highest BCUT2D eigenvalue weighted by molar-refractivity contribution is 5.86. The molecule has 0 unspecified atom stereocenters. The lowest BCUT2D eigenvalue weighted by molar-refractivity contribution is -0.131. The van der Waals surface area contributed by atoms with E-state index in [9.17, 15) is 9.59 Å². The molecule has 2 heterocycles. The van der Waals surface area contributed by atoms with Crippen molar-refractivity contribution in [1.82, 2.24) is 24.5 Å². The monoisotopic (exact) mass is 319 g/mol. The molecular weight excluding hydrogens is 298 g/mol. The van der Waals surface area contributed by atoms with Gasteiger partial charge in [-0.25, -0.2) is 9.48 Å². The first-order valence-electron chi connectivity index (χ1n) is 7.37. The molecule has 0 spiro atoms. The number of hydrogen-bond acceptors (Lipinski definition) is 4. The lowest BCUT2D eigenvalue weighted by Crippen LogP contribution is -2.31. The minimum absolute atomic E-state index is 0.00193. The van der Waals surface area contributed by atoms with Crippen LogP contribution >= 0.6 is 0 Å². The van der Waals surface area contributed by atoms with Gasteiger partial charge in [-0.1, -0.05) is 0 Å². The summed E-state index contributed by atoms with van der Waals surface area (Å²) in [5.41, 5.74) is 2.95. The van der Waals surface area contributed by atoms with Crippen molar-refractivity contribution < 1.29 is 14.7 Å². The van der Waals surface area contributed by atoms with Crippen LogP contribution in [0.3, 0.4) is 0 Å². The van der Waals surface area contributed by atoms with Crippen molar-refractivity contribution in [3.63, 3.8) is 0 Å². The average molecular weight is 319 g/mol. The van der Waals surface area contributed by atoms with Gasteiger partial charge in [0.05, 0.1) is 5.69 Å². The van der Waals surface area contributed by atoms with Crippen molar-refractivity contribution in [2.75, 3.05) is 7.05 Å². The van der Waals surface area contributed by atoms with Crippen LogP contribution in [0.4, 0.5) is 0 Å². The van der Waals surface area contributed by atoms with Crippen LogP contribution in [-0.4, -0.2) is 48.5 Å². The Bertz CT molecular complexity index is 732. The summed E-state index contributed by atoms with van der Waals surface area (Å²) in [6.07, 6.45) is 1.37. The van der Waals surface area contributed by atoms with Crippen LogP contribution in [0.5, 0.6) is 0 Å². The van der Waals surface area contributed by atoms with Crippen LogP contribution in [0.25, 0.3) is 0 Å². The Morgan fingerprint density at radius 3 is 2.57 bits per heavy atom. The molecule has 0 aliphatic rings. The lowest BCUT2D eigenvalue weighted by atomic mass is 10.2. The summed E-state index contributed by atoms with van der Waals surface area (Å²) < 4.78 is 3.09. The molecule has 0 aliphatic heterocycles. The predicted molar refractivity (Wildman–Crippen MR) is 83.0 cm³/mol. The number of hydrogen-bond donors (Lipinski definition) is 1. The molecule has 23 heavy (non-hydrogen) atoms. The van der Waals surface area contributed by atoms with Gasteiger partial charge in [0.25, 0.3) is 0 Å². The molecule has 0 atom stereocenters. The summed E-state index contributed by atoms with van der Waals surface area (Å²) in [7, 11) is 1.69.